The molecule has 0 aromatic heterocycles. The average molecular weight is 537 g/mol. The molecule has 1 aromatic rings. The van der Waals surface area contributed by atoms with Crippen molar-refractivity contribution in [3.8, 4) is 0 Å². The number of ether oxygens (including phenoxy) is 2. The van der Waals surface area contributed by atoms with Crippen LogP contribution in [0.25, 0.3) is 0 Å². The summed E-state index contributed by atoms with van der Waals surface area (Å²) in [6, 6.07) is 7.90. The molecular formula is C32H60N2O4. The Bertz CT molecular complexity index is 561. The number of nitrogens with one attached hydrogen (secondary N) is 2. The summed E-state index contributed by atoms with van der Waals surface area (Å²) < 4.78 is 11.3. The fourth-order valence-corrected chi connectivity index (χ4v) is 4.41. The van der Waals surface area contributed by atoms with Crippen LogP contribution in [0.2, 0.25) is 0 Å². The maximum absolute atomic E-state index is 10.2. The molecule has 0 heterocycles. The Kier molecular flexibility index (Phi) is 23.7. The molecule has 0 radical (unpaired) electrons. The first-order valence-electron chi connectivity index (χ1n) is 15.7. The summed E-state index contributed by atoms with van der Waals surface area (Å²) >= 11 is 0. The maximum atomic E-state index is 10.2. The van der Waals surface area contributed by atoms with Gasteiger partial charge in [-0.25, -0.2) is 0 Å². The molecule has 4 N–H and O–H groups in total. The molecule has 0 saturated heterocycles. The highest BCUT2D eigenvalue weighted by molar-refractivity contribution is 5.53. The zero-order chi connectivity index (χ0) is 27.5. The van der Waals surface area contributed by atoms with E-state index in [0.717, 1.165) is 37.4 Å². The van der Waals surface area contributed by atoms with E-state index in [9.17, 15) is 10.2 Å². The van der Waals surface area contributed by atoms with Gasteiger partial charge in [0, 0.05) is 37.7 Å². The first-order valence-corrected chi connectivity index (χ1v) is 15.7. The van der Waals surface area contributed by atoms with Crippen molar-refractivity contribution in [1.82, 2.24) is 0 Å². The Labute approximate surface area is 234 Å². The van der Waals surface area contributed by atoms with Gasteiger partial charge in [-0.15, -0.1) is 0 Å². The lowest BCUT2D eigenvalue weighted by atomic mass is 10.1. The van der Waals surface area contributed by atoms with Crippen molar-refractivity contribution < 1.29 is 19.7 Å². The molecule has 2 unspecified atom stereocenters. The molecule has 0 aliphatic heterocycles. The van der Waals surface area contributed by atoms with Crippen molar-refractivity contribution in [2.75, 3.05) is 50.2 Å². The minimum absolute atomic E-state index is 0.363. The standard InChI is InChI=1S/C32H60N2O4/c1-3-5-7-9-11-13-15-17-23-37-27-31(35)25-33-29-19-21-30(22-20-29)34-26-32(36)28-38-24-18-16-14-12-10-8-6-4-2/h19-22,31-36H,3-18,23-28H2,1-2H3. The number of hydrogen-bond acceptors (Lipinski definition) is 6. The Morgan fingerprint density at radius 1 is 0.526 bits per heavy atom. The quantitative estimate of drug-likeness (QED) is 0.0828. The van der Waals surface area contributed by atoms with Crippen molar-refractivity contribution in [2.24, 2.45) is 0 Å². The van der Waals surface area contributed by atoms with Crippen LogP contribution >= 0.6 is 0 Å². The fraction of sp³-hybridized carbons (Fsp3) is 0.812. The summed E-state index contributed by atoms with van der Waals surface area (Å²) in [5.41, 5.74) is 1.90. The highest BCUT2D eigenvalue weighted by Crippen LogP contribution is 2.14. The van der Waals surface area contributed by atoms with Crippen LogP contribution in [0.3, 0.4) is 0 Å². The molecule has 0 spiro atoms. The summed E-state index contributed by atoms with van der Waals surface area (Å²) in [5, 5.41) is 26.8. The summed E-state index contributed by atoms with van der Waals surface area (Å²) in [4.78, 5) is 0. The molecule has 0 aliphatic rings. The van der Waals surface area contributed by atoms with Crippen molar-refractivity contribution in [1.29, 1.82) is 0 Å². The van der Waals surface area contributed by atoms with E-state index in [1.165, 1.54) is 89.9 Å². The molecule has 6 heteroatoms. The van der Waals surface area contributed by atoms with E-state index in [-0.39, 0.29) is 0 Å². The molecule has 222 valence electrons. The van der Waals surface area contributed by atoms with Gasteiger partial charge < -0.3 is 30.3 Å². The average Bonchev–Trinajstić information content (AvgIpc) is 2.93. The highest BCUT2D eigenvalue weighted by Gasteiger charge is 2.06. The summed E-state index contributed by atoms with van der Waals surface area (Å²) in [7, 11) is 0. The van der Waals surface area contributed by atoms with E-state index in [1.807, 2.05) is 24.3 Å². The molecule has 0 saturated carbocycles. The van der Waals surface area contributed by atoms with Crippen LogP contribution in [-0.2, 0) is 9.47 Å². The third-order valence-corrected chi connectivity index (χ3v) is 6.87. The van der Waals surface area contributed by atoms with E-state index in [2.05, 4.69) is 24.5 Å². The van der Waals surface area contributed by atoms with E-state index < -0.39 is 12.2 Å². The third-order valence-electron chi connectivity index (χ3n) is 6.87. The lowest BCUT2D eigenvalue weighted by molar-refractivity contribution is 0.0416. The van der Waals surface area contributed by atoms with E-state index >= 15 is 0 Å². The number of benzene rings is 1. The minimum Gasteiger partial charge on any atom is -0.389 e. The number of anilines is 2. The number of aliphatic hydroxyl groups is 2. The minimum atomic E-state index is -0.525. The monoisotopic (exact) mass is 536 g/mol. The predicted molar refractivity (Wildman–Crippen MR) is 162 cm³/mol. The van der Waals surface area contributed by atoms with E-state index in [4.69, 9.17) is 9.47 Å². The lowest BCUT2D eigenvalue weighted by Crippen LogP contribution is -2.25. The molecule has 0 fully saturated rings. The second-order valence-electron chi connectivity index (χ2n) is 10.7. The second kappa shape index (κ2) is 25.9. The van der Waals surface area contributed by atoms with Crippen LogP contribution in [-0.4, -0.2) is 61.9 Å². The Balaban J connectivity index is 1.99. The maximum Gasteiger partial charge on any atom is 0.0945 e. The van der Waals surface area contributed by atoms with Gasteiger partial charge in [0.2, 0.25) is 0 Å². The second-order valence-corrected chi connectivity index (χ2v) is 10.7. The number of aliphatic hydroxyl groups excluding tert-OH is 2. The molecule has 6 nitrogen and oxygen atoms in total. The van der Waals surface area contributed by atoms with Gasteiger partial charge in [-0.2, -0.15) is 0 Å². The van der Waals surface area contributed by atoms with E-state index in [0.29, 0.717) is 26.3 Å². The number of hydrogen-bond donors (Lipinski definition) is 4. The van der Waals surface area contributed by atoms with Crippen LogP contribution in [0.1, 0.15) is 117 Å². The van der Waals surface area contributed by atoms with Crippen LogP contribution in [0.15, 0.2) is 24.3 Å². The summed E-state index contributed by atoms with van der Waals surface area (Å²) in [5.74, 6) is 0. The van der Waals surface area contributed by atoms with Crippen LogP contribution in [0.4, 0.5) is 11.4 Å². The largest absolute Gasteiger partial charge is 0.389 e. The van der Waals surface area contributed by atoms with Gasteiger partial charge in [0.05, 0.1) is 25.4 Å². The van der Waals surface area contributed by atoms with Gasteiger partial charge in [0.1, 0.15) is 0 Å². The fourth-order valence-electron chi connectivity index (χ4n) is 4.41. The zero-order valence-electron chi connectivity index (χ0n) is 24.7. The number of rotatable bonds is 28. The first kappa shape index (κ1) is 34.7. The van der Waals surface area contributed by atoms with Gasteiger partial charge in [0.25, 0.3) is 0 Å². The molecule has 38 heavy (non-hydrogen) atoms. The normalized spacial score (nSPS) is 12.9. The van der Waals surface area contributed by atoms with Crippen LogP contribution in [0, 0.1) is 0 Å². The first-order chi connectivity index (χ1) is 18.7. The van der Waals surface area contributed by atoms with Gasteiger partial charge in [-0.1, -0.05) is 104 Å². The highest BCUT2D eigenvalue weighted by atomic mass is 16.5. The van der Waals surface area contributed by atoms with Gasteiger partial charge in [-0.05, 0) is 37.1 Å². The van der Waals surface area contributed by atoms with Gasteiger partial charge >= 0.3 is 0 Å². The molecule has 2 atom stereocenters. The summed E-state index contributed by atoms with van der Waals surface area (Å²) in [6.07, 6.45) is 19.5. The third kappa shape index (κ3) is 21.6. The van der Waals surface area contributed by atoms with E-state index in [1.54, 1.807) is 0 Å². The smallest absolute Gasteiger partial charge is 0.0945 e. The molecule has 0 bridgehead atoms. The van der Waals surface area contributed by atoms with Crippen molar-refractivity contribution in [2.45, 2.75) is 129 Å². The molecular weight excluding hydrogens is 476 g/mol. The van der Waals surface area contributed by atoms with Crippen LogP contribution < -0.4 is 10.6 Å². The summed E-state index contributed by atoms with van der Waals surface area (Å²) in [6.45, 7) is 7.59. The molecule has 0 aliphatic carbocycles. The molecule has 1 aromatic carbocycles. The van der Waals surface area contributed by atoms with Crippen LogP contribution in [0.5, 0.6) is 0 Å². The zero-order valence-corrected chi connectivity index (χ0v) is 24.7. The SMILES string of the molecule is CCCCCCCCCCOCC(O)CNc1ccc(NCC(O)COCCCCCCCCCC)cc1. The van der Waals surface area contributed by atoms with Crippen molar-refractivity contribution in [3.05, 3.63) is 24.3 Å². The Morgan fingerprint density at radius 3 is 1.18 bits per heavy atom. The van der Waals surface area contributed by atoms with Crippen molar-refractivity contribution >= 4 is 11.4 Å². The molecule has 0 amide bonds. The van der Waals surface area contributed by atoms with Gasteiger partial charge in [-0.3, -0.25) is 0 Å². The topological polar surface area (TPSA) is 83.0 Å². The Morgan fingerprint density at radius 2 is 0.842 bits per heavy atom. The number of unbranched alkanes of at least 4 members (excludes halogenated alkanes) is 14. The van der Waals surface area contributed by atoms with Crippen molar-refractivity contribution in [3.63, 3.8) is 0 Å². The predicted octanol–water partition coefficient (Wildman–Crippen LogP) is 7.55. The Hall–Kier alpha value is -1.34. The van der Waals surface area contributed by atoms with Gasteiger partial charge in [0.15, 0.2) is 0 Å². The molecule has 1 rings (SSSR count). The lowest BCUT2D eigenvalue weighted by Gasteiger charge is -2.15.